The van der Waals surface area contributed by atoms with E-state index in [2.05, 4.69) is 97.2 Å². The molecule has 2 heteroatoms. The first kappa shape index (κ1) is 45.8. The fourth-order valence-electron chi connectivity index (χ4n) is 5.98. The lowest BCUT2D eigenvalue weighted by Crippen LogP contribution is -1.80. The largest absolute Gasteiger partial charge is 0.236 e. The fourth-order valence-corrected chi connectivity index (χ4v) is 6.96. The molecule has 1 heterocycles. The average molecular weight is 850 g/mol. The maximum atomic E-state index is 4.63. The zero-order valence-electron chi connectivity index (χ0n) is 36.2. The van der Waals surface area contributed by atoms with Gasteiger partial charge >= 0.3 is 0 Å². The van der Waals surface area contributed by atoms with Gasteiger partial charge in [0.25, 0.3) is 0 Å². The Bertz CT molecular complexity index is 3110. The van der Waals surface area contributed by atoms with Gasteiger partial charge in [-0.05, 0) is 101 Å². The Kier molecular flexibility index (Phi) is 17.8. The number of fused-ring (bicyclic) bond motifs is 1. The van der Waals surface area contributed by atoms with Crippen molar-refractivity contribution in [2.45, 2.75) is 0 Å². The SMILES string of the molecule is C=Cc1ccc(-c2nc3ccccc3s2)cc1.C=Cc1ccc(C#Cc2ccccc2)cc1.C=Cc1cccc(C#Cc2ccccc2)c1.C=Cc1ccccc1C#Cc1ccccc1. The molecule has 1 nitrogen and oxygen atoms in total. The standard InChI is InChI=1S/3C16H12.C15H11NS/c1-2-15-10-6-7-11-16(15)13-12-14-8-4-3-5-9-14;1-2-14-9-6-10-16(13-14)12-11-15-7-4-3-5-8-15;1-2-14-8-10-16(11-9-14)13-12-15-6-4-3-5-7-15;1-2-11-7-9-12(10-8-11)15-16-13-5-3-4-6-14(13)17-15/h2-11H,1H2;2-10,13H,1H2;2-11H,1H2;2-10H,1H2. The molecule has 0 unspecified atom stereocenters. The van der Waals surface area contributed by atoms with Crippen molar-refractivity contribution in [1.29, 1.82) is 0 Å². The second-order valence-electron chi connectivity index (χ2n) is 14.1. The Morgan fingerprint density at radius 1 is 0.354 bits per heavy atom. The highest BCUT2D eigenvalue weighted by molar-refractivity contribution is 7.21. The molecule has 0 spiro atoms. The number of para-hydroxylation sites is 1. The van der Waals surface area contributed by atoms with Gasteiger partial charge in [-0.25, -0.2) is 4.98 Å². The summed E-state index contributed by atoms with van der Waals surface area (Å²) in [4.78, 5) is 4.63. The highest BCUT2D eigenvalue weighted by Crippen LogP contribution is 2.30. The van der Waals surface area contributed by atoms with Crippen LogP contribution in [0.3, 0.4) is 0 Å². The van der Waals surface area contributed by atoms with E-state index in [-0.39, 0.29) is 0 Å². The molecule has 0 atom stereocenters. The predicted octanol–water partition coefficient (Wildman–Crippen LogP) is 15.8. The average Bonchev–Trinajstić information content (AvgIpc) is 3.83. The molecular formula is C63H47NS. The Hall–Kier alpha value is -8.71. The van der Waals surface area contributed by atoms with E-state index in [9.17, 15) is 0 Å². The van der Waals surface area contributed by atoms with Gasteiger partial charge in [-0.15, -0.1) is 11.3 Å². The Labute approximate surface area is 389 Å². The third-order valence-electron chi connectivity index (χ3n) is 9.50. The summed E-state index contributed by atoms with van der Waals surface area (Å²) in [5.74, 6) is 18.8. The van der Waals surface area contributed by atoms with Crippen LogP contribution in [0, 0.1) is 35.5 Å². The van der Waals surface area contributed by atoms with Gasteiger partial charge in [-0.3, -0.25) is 0 Å². The van der Waals surface area contributed by atoms with Crippen LogP contribution in [-0.4, -0.2) is 4.98 Å². The first-order valence-electron chi connectivity index (χ1n) is 21.0. The highest BCUT2D eigenvalue weighted by Gasteiger charge is 2.05. The Morgan fingerprint density at radius 2 is 0.800 bits per heavy atom. The summed E-state index contributed by atoms with van der Waals surface area (Å²) < 4.78 is 1.23. The molecule has 0 bridgehead atoms. The van der Waals surface area contributed by atoms with E-state index in [0.717, 1.165) is 71.7 Å². The molecule has 0 amide bonds. The van der Waals surface area contributed by atoms with E-state index < -0.39 is 0 Å². The minimum Gasteiger partial charge on any atom is -0.236 e. The zero-order valence-corrected chi connectivity index (χ0v) is 37.0. The third-order valence-corrected chi connectivity index (χ3v) is 10.6. The number of hydrogen-bond donors (Lipinski definition) is 0. The minimum absolute atomic E-state index is 1.02. The first-order valence-corrected chi connectivity index (χ1v) is 21.8. The minimum atomic E-state index is 1.02. The van der Waals surface area contributed by atoms with Crippen molar-refractivity contribution < 1.29 is 0 Å². The van der Waals surface area contributed by atoms with Gasteiger partial charge in [0.05, 0.1) is 10.2 Å². The van der Waals surface area contributed by atoms with Crippen LogP contribution in [-0.2, 0) is 0 Å². The molecule has 65 heavy (non-hydrogen) atoms. The van der Waals surface area contributed by atoms with Crippen molar-refractivity contribution in [3.05, 3.63) is 294 Å². The second-order valence-corrected chi connectivity index (χ2v) is 15.1. The van der Waals surface area contributed by atoms with Gasteiger partial charge in [0, 0.05) is 38.9 Å². The molecule has 310 valence electrons. The van der Waals surface area contributed by atoms with Crippen LogP contribution in [0.2, 0.25) is 0 Å². The number of hydrogen-bond acceptors (Lipinski definition) is 2. The summed E-state index contributed by atoms with van der Waals surface area (Å²) in [5.41, 5.74) is 12.8. The lowest BCUT2D eigenvalue weighted by Gasteiger charge is -1.96. The Balaban J connectivity index is 0.000000144. The van der Waals surface area contributed by atoms with Gasteiger partial charge in [0.1, 0.15) is 5.01 Å². The normalized spacial score (nSPS) is 9.42. The zero-order chi connectivity index (χ0) is 45.3. The quantitative estimate of drug-likeness (QED) is 0.157. The van der Waals surface area contributed by atoms with E-state index in [1.807, 2.05) is 206 Å². The Morgan fingerprint density at radius 3 is 1.34 bits per heavy atom. The molecule has 0 radical (unpaired) electrons. The lowest BCUT2D eigenvalue weighted by atomic mass is 10.1. The molecule has 9 aromatic rings. The molecule has 0 N–H and O–H groups in total. The van der Waals surface area contributed by atoms with Crippen molar-refractivity contribution >= 4 is 45.9 Å². The lowest BCUT2D eigenvalue weighted by molar-refractivity contribution is 1.47. The van der Waals surface area contributed by atoms with Crippen LogP contribution >= 0.6 is 11.3 Å². The van der Waals surface area contributed by atoms with Crippen LogP contribution in [0.1, 0.15) is 55.6 Å². The van der Waals surface area contributed by atoms with Crippen LogP contribution in [0.5, 0.6) is 0 Å². The number of aromatic nitrogens is 1. The van der Waals surface area contributed by atoms with Crippen molar-refractivity contribution in [1.82, 2.24) is 4.98 Å². The molecule has 1 aromatic heterocycles. The smallest absolute Gasteiger partial charge is 0.124 e. The van der Waals surface area contributed by atoms with Crippen molar-refractivity contribution in [2.75, 3.05) is 0 Å². The molecule has 9 rings (SSSR count). The van der Waals surface area contributed by atoms with E-state index >= 15 is 0 Å². The van der Waals surface area contributed by atoms with Gasteiger partial charge in [-0.2, -0.15) is 0 Å². The summed E-state index contributed by atoms with van der Waals surface area (Å²) in [6, 6.07) is 70.6. The molecular weight excluding hydrogens is 803 g/mol. The maximum absolute atomic E-state index is 4.63. The highest BCUT2D eigenvalue weighted by atomic mass is 32.1. The van der Waals surface area contributed by atoms with E-state index in [4.69, 9.17) is 0 Å². The number of nitrogens with zero attached hydrogens (tertiary/aromatic N) is 1. The molecule has 8 aromatic carbocycles. The van der Waals surface area contributed by atoms with Crippen molar-refractivity contribution in [2.24, 2.45) is 0 Å². The second kappa shape index (κ2) is 25.3. The van der Waals surface area contributed by atoms with Crippen LogP contribution < -0.4 is 0 Å². The predicted molar refractivity (Wildman–Crippen MR) is 282 cm³/mol. The summed E-state index contributed by atoms with van der Waals surface area (Å²) in [5, 5.41) is 1.07. The fraction of sp³-hybridized carbons (Fsp3) is 0. The molecule has 0 aliphatic heterocycles. The number of thiazole rings is 1. The molecule has 0 aliphatic carbocycles. The maximum Gasteiger partial charge on any atom is 0.124 e. The van der Waals surface area contributed by atoms with E-state index in [1.165, 1.54) is 4.70 Å². The van der Waals surface area contributed by atoms with Crippen molar-refractivity contribution in [3.8, 4) is 46.1 Å². The van der Waals surface area contributed by atoms with E-state index in [0.29, 0.717) is 0 Å². The van der Waals surface area contributed by atoms with Gasteiger partial charge in [-0.1, -0.05) is 220 Å². The third kappa shape index (κ3) is 15.0. The monoisotopic (exact) mass is 849 g/mol. The summed E-state index contributed by atoms with van der Waals surface area (Å²) >= 11 is 1.73. The molecule has 0 aliphatic rings. The summed E-state index contributed by atoms with van der Waals surface area (Å²) in [6.07, 6.45) is 7.33. The van der Waals surface area contributed by atoms with Gasteiger partial charge in [0.2, 0.25) is 0 Å². The molecule has 0 saturated heterocycles. The van der Waals surface area contributed by atoms with Gasteiger partial charge in [0.15, 0.2) is 0 Å². The number of benzene rings is 8. The number of rotatable bonds is 5. The summed E-state index contributed by atoms with van der Waals surface area (Å²) in [7, 11) is 0. The molecule has 0 fully saturated rings. The topological polar surface area (TPSA) is 12.9 Å². The first-order chi connectivity index (χ1) is 32.0. The van der Waals surface area contributed by atoms with Crippen LogP contribution in [0.25, 0.3) is 45.1 Å². The van der Waals surface area contributed by atoms with Gasteiger partial charge < -0.3 is 0 Å². The van der Waals surface area contributed by atoms with Crippen LogP contribution in [0.15, 0.2) is 239 Å². The van der Waals surface area contributed by atoms with E-state index in [1.54, 1.807) is 11.3 Å². The summed E-state index contributed by atoms with van der Waals surface area (Å²) in [6.45, 7) is 15.0. The van der Waals surface area contributed by atoms with Crippen LogP contribution in [0.4, 0.5) is 0 Å². The van der Waals surface area contributed by atoms with Crippen molar-refractivity contribution in [3.63, 3.8) is 0 Å². The molecule has 0 saturated carbocycles.